The highest BCUT2D eigenvalue weighted by Gasteiger charge is 2.26. The fourth-order valence-electron chi connectivity index (χ4n) is 4.07. The molecule has 2 aromatic heterocycles. The molecule has 0 bridgehead atoms. The predicted octanol–water partition coefficient (Wildman–Crippen LogP) is 2.91. The fourth-order valence-corrected chi connectivity index (χ4v) is 4.07. The molecule has 170 valence electrons. The average molecular weight is 428 g/mol. The molecule has 0 aliphatic carbocycles. The van der Waals surface area contributed by atoms with Gasteiger partial charge < -0.3 is 20.3 Å². The minimum absolute atomic E-state index is 0.396. The summed E-state index contributed by atoms with van der Waals surface area (Å²) < 4.78 is 5.72. The second-order valence-electron chi connectivity index (χ2n) is 8.84. The van der Waals surface area contributed by atoms with Crippen LogP contribution in [-0.4, -0.2) is 59.5 Å². The molecule has 31 heavy (non-hydrogen) atoms. The molecule has 8 heteroatoms. The number of anilines is 2. The minimum Gasteiger partial charge on any atom is -0.492 e. The highest BCUT2D eigenvalue weighted by atomic mass is 16.5. The lowest BCUT2D eigenvalue weighted by molar-refractivity contribution is 0.311. The number of nitrogens with zero attached hydrogens (tertiary/aromatic N) is 6. The summed E-state index contributed by atoms with van der Waals surface area (Å²) in [5.74, 6) is 3.04. The SMILES string of the molecule is Cc1nc(N2CCC(N(C)c3cc(OCCCN)cnn3)CC2)nc(C)c1CC(C)C. The number of rotatable bonds is 9. The van der Waals surface area contributed by atoms with Gasteiger partial charge in [0.05, 0.1) is 12.8 Å². The Morgan fingerprint density at radius 3 is 2.48 bits per heavy atom. The molecule has 1 aliphatic rings. The molecular formula is C23H37N7O. The first kappa shape index (κ1) is 23.2. The van der Waals surface area contributed by atoms with Crippen LogP contribution in [0.1, 0.15) is 50.1 Å². The molecule has 0 aromatic carbocycles. The first-order valence-electron chi connectivity index (χ1n) is 11.4. The van der Waals surface area contributed by atoms with Crippen LogP contribution in [0.2, 0.25) is 0 Å². The molecule has 2 N–H and O–H groups in total. The van der Waals surface area contributed by atoms with E-state index in [1.807, 2.05) is 6.07 Å². The Labute approximate surface area is 186 Å². The van der Waals surface area contributed by atoms with Crippen LogP contribution in [0.15, 0.2) is 12.3 Å². The summed E-state index contributed by atoms with van der Waals surface area (Å²) >= 11 is 0. The standard InChI is InChI=1S/C23H37N7O/c1-16(2)13-21-17(3)26-23(27-18(21)4)30-10-7-19(8-11-30)29(5)22-14-20(15-25-28-22)31-12-6-9-24/h14-16,19H,6-13,24H2,1-5H3. The van der Waals surface area contributed by atoms with E-state index >= 15 is 0 Å². The van der Waals surface area contributed by atoms with Gasteiger partial charge in [0.2, 0.25) is 5.95 Å². The summed E-state index contributed by atoms with van der Waals surface area (Å²) in [7, 11) is 2.08. The molecule has 0 saturated carbocycles. The fraction of sp³-hybridized carbons (Fsp3) is 0.652. The predicted molar refractivity (Wildman–Crippen MR) is 125 cm³/mol. The van der Waals surface area contributed by atoms with E-state index in [9.17, 15) is 0 Å². The summed E-state index contributed by atoms with van der Waals surface area (Å²) in [6.45, 7) is 11.8. The van der Waals surface area contributed by atoms with Gasteiger partial charge >= 0.3 is 0 Å². The van der Waals surface area contributed by atoms with Gasteiger partial charge in [-0.1, -0.05) is 13.8 Å². The van der Waals surface area contributed by atoms with Crippen molar-refractivity contribution in [1.82, 2.24) is 20.2 Å². The Kier molecular flexibility index (Phi) is 8.01. The van der Waals surface area contributed by atoms with Gasteiger partial charge in [-0.25, -0.2) is 9.97 Å². The second-order valence-corrected chi connectivity index (χ2v) is 8.84. The van der Waals surface area contributed by atoms with Crippen LogP contribution in [0.3, 0.4) is 0 Å². The molecule has 1 saturated heterocycles. The van der Waals surface area contributed by atoms with E-state index < -0.39 is 0 Å². The van der Waals surface area contributed by atoms with Gasteiger partial charge in [0, 0.05) is 43.6 Å². The summed E-state index contributed by atoms with van der Waals surface area (Å²) in [5, 5.41) is 8.42. The molecule has 1 aliphatic heterocycles. The largest absolute Gasteiger partial charge is 0.492 e. The highest BCUT2D eigenvalue weighted by molar-refractivity contribution is 5.43. The average Bonchev–Trinajstić information content (AvgIpc) is 2.76. The van der Waals surface area contributed by atoms with Gasteiger partial charge in [-0.3, -0.25) is 0 Å². The van der Waals surface area contributed by atoms with Crippen LogP contribution >= 0.6 is 0 Å². The van der Waals surface area contributed by atoms with Gasteiger partial charge in [-0.05, 0) is 57.6 Å². The van der Waals surface area contributed by atoms with Crippen LogP contribution in [0.25, 0.3) is 0 Å². The van der Waals surface area contributed by atoms with Gasteiger partial charge in [0.25, 0.3) is 0 Å². The molecule has 3 heterocycles. The van der Waals surface area contributed by atoms with Crippen LogP contribution < -0.4 is 20.3 Å². The zero-order chi connectivity index (χ0) is 22.4. The number of hydrogen-bond donors (Lipinski definition) is 1. The summed E-state index contributed by atoms with van der Waals surface area (Å²) in [5.41, 5.74) is 9.04. The Balaban J connectivity index is 1.61. The normalized spacial score (nSPS) is 14.9. The van der Waals surface area contributed by atoms with Crippen LogP contribution in [0.5, 0.6) is 5.75 Å². The van der Waals surface area contributed by atoms with Crippen molar-refractivity contribution in [3.8, 4) is 5.75 Å². The molecule has 8 nitrogen and oxygen atoms in total. The van der Waals surface area contributed by atoms with Crippen molar-refractivity contribution in [3.05, 3.63) is 29.2 Å². The number of piperidine rings is 1. The molecule has 0 radical (unpaired) electrons. The lowest BCUT2D eigenvalue weighted by Gasteiger charge is -2.37. The molecule has 0 spiro atoms. The van der Waals surface area contributed by atoms with Crippen LogP contribution in [0, 0.1) is 19.8 Å². The van der Waals surface area contributed by atoms with E-state index in [-0.39, 0.29) is 0 Å². The molecule has 0 atom stereocenters. The van der Waals surface area contributed by atoms with Gasteiger partial charge in [-0.15, -0.1) is 5.10 Å². The first-order valence-corrected chi connectivity index (χ1v) is 11.4. The van der Waals surface area contributed by atoms with Crippen molar-refractivity contribution in [1.29, 1.82) is 0 Å². The second kappa shape index (κ2) is 10.7. The van der Waals surface area contributed by atoms with Crippen LogP contribution in [0.4, 0.5) is 11.8 Å². The first-order chi connectivity index (χ1) is 14.9. The van der Waals surface area contributed by atoms with Gasteiger partial charge in [-0.2, -0.15) is 5.10 Å². The molecule has 3 rings (SSSR count). The minimum atomic E-state index is 0.396. The quantitative estimate of drug-likeness (QED) is 0.611. The number of aryl methyl sites for hydroxylation is 2. The zero-order valence-corrected chi connectivity index (χ0v) is 19.6. The molecule has 0 unspecified atom stereocenters. The maximum atomic E-state index is 5.72. The van der Waals surface area contributed by atoms with Crippen molar-refractivity contribution < 1.29 is 4.74 Å². The lowest BCUT2D eigenvalue weighted by Crippen LogP contribution is -2.44. The Morgan fingerprint density at radius 1 is 1.19 bits per heavy atom. The number of hydrogen-bond acceptors (Lipinski definition) is 8. The topological polar surface area (TPSA) is 93.3 Å². The maximum absolute atomic E-state index is 5.72. The number of ether oxygens (including phenoxy) is 1. The molecule has 1 fully saturated rings. The Bertz CT molecular complexity index is 827. The maximum Gasteiger partial charge on any atom is 0.225 e. The van der Waals surface area contributed by atoms with E-state index in [1.165, 1.54) is 5.56 Å². The van der Waals surface area contributed by atoms with Crippen molar-refractivity contribution >= 4 is 11.8 Å². The third kappa shape index (κ3) is 6.03. The summed E-state index contributed by atoms with van der Waals surface area (Å²) in [6, 6.07) is 2.35. The van der Waals surface area contributed by atoms with Gasteiger partial charge in [0.15, 0.2) is 5.82 Å². The van der Waals surface area contributed by atoms with Crippen molar-refractivity contribution in [2.45, 2.75) is 59.4 Å². The van der Waals surface area contributed by atoms with E-state index in [2.05, 4.69) is 54.7 Å². The number of aromatic nitrogens is 4. The number of nitrogens with two attached hydrogens (primary N) is 1. The Hall–Kier alpha value is -2.48. The van der Waals surface area contributed by atoms with E-state index in [4.69, 9.17) is 20.4 Å². The summed E-state index contributed by atoms with van der Waals surface area (Å²) in [6.07, 6.45) is 5.55. The van der Waals surface area contributed by atoms with E-state index in [0.29, 0.717) is 25.1 Å². The van der Waals surface area contributed by atoms with Crippen molar-refractivity contribution in [2.24, 2.45) is 11.7 Å². The smallest absolute Gasteiger partial charge is 0.225 e. The molecular weight excluding hydrogens is 390 g/mol. The molecule has 0 amide bonds. The van der Waals surface area contributed by atoms with E-state index in [0.717, 1.165) is 67.7 Å². The zero-order valence-electron chi connectivity index (χ0n) is 19.6. The van der Waals surface area contributed by atoms with Crippen LogP contribution in [-0.2, 0) is 6.42 Å². The highest BCUT2D eigenvalue weighted by Crippen LogP contribution is 2.26. The van der Waals surface area contributed by atoms with Crippen molar-refractivity contribution in [3.63, 3.8) is 0 Å². The third-order valence-corrected chi connectivity index (χ3v) is 5.91. The third-order valence-electron chi connectivity index (χ3n) is 5.91. The molecule has 2 aromatic rings. The summed E-state index contributed by atoms with van der Waals surface area (Å²) in [4.78, 5) is 14.2. The van der Waals surface area contributed by atoms with Gasteiger partial charge in [0.1, 0.15) is 5.75 Å². The van der Waals surface area contributed by atoms with Crippen molar-refractivity contribution in [2.75, 3.05) is 43.1 Å². The lowest BCUT2D eigenvalue weighted by atomic mass is 10.0. The Morgan fingerprint density at radius 2 is 1.87 bits per heavy atom. The van der Waals surface area contributed by atoms with E-state index in [1.54, 1.807) is 6.20 Å². The monoisotopic (exact) mass is 427 g/mol.